The van der Waals surface area contributed by atoms with Crippen molar-refractivity contribution in [1.82, 2.24) is 15.1 Å². The lowest BCUT2D eigenvalue weighted by atomic mass is 9.96. The first-order valence-corrected chi connectivity index (χ1v) is 7.58. The summed E-state index contributed by atoms with van der Waals surface area (Å²) in [6, 6.07) is 2.62. The summed E-state index contributed by atoms with van der Waals surface area (Å²) < 4.78 is 2.11. The molecule has 1 aromatic heterocycles. The van der Waals surface area contributed by atoms with Crippen LogP contribution in [0.3, 0.4) is 0 Å². The molecule has 1 atom stereocenters. The maximum atomic E-state index is 10.3. The third-order valence-corrected chi connectivity index (χ3v) is 3.93. The number of hydrogen-bond donors (Lipinski definition) is 2. The van der Waals surface area contributed by atoms with Gasteiger partial charge in [-0.3, -0.25) is 4.68 Å². The Morgan fingerprint density at radius 3 is 2.84 bits per heavy atom. The van der Waals surface area contributed by atoms with E-state index in [-0.39, 0.29) is 0 Å². The normalized spacial score (nSPS) is 20.4. The van der Waals surface area contributed by atoms with E-state index in [1.807, 2.05) is 13.8 Å². The summed E-state index contributed by atoms with van der Waals surface area (Å²) in [6.07, 6.45) is 9.18. The molecule has 0 bridgehead atoms. The van der Waals surface area contributed by atoms with Crippen molar-refractivity contribution in [2.75, 3.05) is 13.1 Å². The largest absolute Gasteiger partial charge is 0.388 e. The van der Waals surface area contributed by atoms with Gasteiger partial charge in [0.15, 0.2) is 0 Å². The van der Waals surface area contributed by atoms with Gasteiger partial charge >= 0.3 is 0 Å². The van der Waals surface area contributed by atoms with Crippen molar-refractivity contribution in [3.63, 3.8) is 0 Å². The highest BCUT2D eigenvalue weighted by Crippen LogP contribution is 2.27. The molecule has 1 fully saturated rings. The molecule has 1 aliphatic carbocycles. The summed E-state index contributed by atoms with van der Waals surface area (Å²) in [5, 5.41) is 18.2. The van der Waals surface area contributed by atoms with Crippen LogP contribution in [-0.2, 0) is 6.42 Å². The SMILES string of the molecule is CCNCC(C)(O)Cc1ccn(C2CCCCC2)n1. The van der Waals surface area contributed by atoms with Crippen LogP contribution in [-0.4, -0.2) is 33.6 Å². The molecule has 0 amide bonds. The molecule has 0 aliphatic heterocycles. The highest BCUT2D eigenvalue weighted by Gasteiger charge is 2.22. The molecule has 1 heterocycles. The Morgan fingerprint density at radius 2 is 2.16 bits per heavy atom. The summed E-state index contributed by atoms with van der Waals surface area (Å²) in [7, 11) is 0. The fraction of sp³-hybridized carbons (Fsp3) is 0.800. The number of likely N-dealkylation sites (N-methyl/N-ethyl adjacent to an activating group) is 1. The van der Waals surface area contributed by atoms with Gasteiger partial charge in [0.2, 0.25) is 0 Å². The summed E-state index contributed by atoms with van der Waals surface area (Å²) in [5.41, 5.74) is 0.273. The first-order valence-electron chi connectivity index (χ1n) is 7.58. The van der Waals surface area contributed by atoms with Gasteiger partial charge in [-0.15, -0.1) is 0 Å². The first kappa shape index (κ1) is 14.5. The van der Waals surface area contributed by atoms with Crippen LogP contribution in [0.25, 0.3) is 0 Å². The number of aromatic nitrogens is 2. The quantitative estimate of drug-likeness (QED) is 0.829. The average molecular weight is 265 g/mol. The lowest BCUT2D eigenvalue weighted by Gasteiger charge is -2.23. The maximum absolute atomic E-state index is 10.3. The fourth-order valence-corrected chi connectivity index (χ4v) is 2.87. The third kappa shape index (κ3) is 4.32. The zero-order chi connectivity index (χ0) is 13.7. The van der Waals surface area contributed by atoms with Crippen molar-refractivity contribution < 1.29 is 5.11 Å². The van der Waals surface area contributed by atoms with Crippen molar-refractivity contribution in [2.45, 2.75) is 64.0 Å². The lowest BCUT2D eigenvalue weighted by Crippen LogP contribution is -2.39. The second-order valence-electron chi connectivity index (χ2n) is 6.03. The topological polar surface area (TPSA) is 50.1 Å². The van der Waals surface area contributed by atoms with E-state index in [2.05, 4.69) is 27.4 Å². The van der Waals surface area contributed by atoms with E-state index < -0.39 is 5.60 Å². The first-order chi connectivity index (χ1) is 9.11. The van der Waals surface area contributed by atoms with E-state index in [9.17, 15) is 5.11 Å². The molecular weight excluding hydrogens is 238 g/mol. The van der Waals surface area contributed by atoms with Gasteiger partial charge in [0.1, 0.15) is 0 Å². The average Bonchev–Trinajstić information content (AvgIpc) is 2.85. The van der Waals surface area contributed by atoms with Crippen molar-refractivity contribution in [2.24, 2.45) is 0 Å². The van der Waals surface area contributed by atoms with Crippen LogP contribution >= 0.6 is 0 Å². The minimum Gasteiger partial charge on any atom is -0.388 e. The smallest absolute Gasteiger partial charge is 0.0799 e. The van der Waals surface area contributed by atoms with E-state index in [0.717, 1.165) is 12.2 Å². The van der Waals surface area contributed by atoms with E-state index in [1.165, 1.54) is 32.1 Å². The second-order valence-corrected chi connectivity index (χ2v) is 6.03. The van der Waals surface area contributed by atoms with Crippen molar-refractivity contribution in [1.29, 1.82) is 0 Å². The molecule has 1 aromatic rings. The molecule has 1 saturated carbocycles. The summed E-state index contributed by atoms with van der Waals surface area (Å²) in [5.74, 6) is 0. The van der Waals surface area contributed by atoms with E-state index >= 15 is 0 Å². The van der Waals surface area contributed by atoms with E-state index in [1.54, 1.807) is 0 Å². The standard InChI is InChI=1S/C15H27N3O/c1-3-16-12-15(2,19)11-13-9-10-18(17-13)14-7-5-4-6-8-14/h9-10,14,16,19H,3-8,11-12H2,1-2H3. The number of aliphatic hydroxyl groups is 1. The van der Waals surface area contributed by atoms with Crippen molar-refractivity contribution in [3.8, 4) is 0 Å². The van der Waals surface area contributed by atoms with Gasteiger partial charge in [0, 0.05) is 19.2 Å². The summed E-state index contributed by atoms with van der Waals surface area (Å²) in [4.78, 5) is 0. The minimum atomic E-state index is -0.720. The van der Waals surface area contributed by atoms with Crippen LogP contribution in [0.15, 0.2) is 12.3 Å². The molecule has 2 N–H and O–H groups in total. The van der Waals surface area contributed by atoms with Gasteiger partial charge in [0.05, 0.1) is 17.3 Å². The Bertz CT molecular complexity index is 380. The predicted octanol–water partition coefficient (Wildman–Crippen LogP) is 2.29. The molecule has 19 heavy (non-hydrogen) atoms. The van der Waals surface area contributed by atoms with Crippen molar-refractivity contribution >= 4 is 0 Å². The Hall–Kier alpha value is -0.870. The third-order valence-electron chi connectivity index (χ3n) is 3.93. The van der Waals surface area contributed by atoms with Crippen LogP contribution in [0.4, 0.5) is 0 Å². The fourth-order valence-electron chi connectivity index (χ4n) is 2.87. The number of nitrogens with zero attached hydrogens (tertiary/aromatic N) is 2. The zero-order valence-corrected chi connectivity index (χ0v) is 12.2. The molecule has 0 spiro atoms. The van der Waals surface area contributed by atoms with Crippen LogP contribution < -0.4 is 5.32 Å². The molecule has 0 saturated heterocycles. The molecule has 0 aromatic carbocycles. The lowest BCUT2D eigenvalue weighted by molar-refractivity contribution is 0.0595. The Kier molecular flexibility index (Phi) is 4.99. The maximum Gasteiger partial charge on any atom is 0.0799 e. The van der Waals surface area contributed by atoms with Gasteiger partial charge in [-0.2, -0.15) is 5.10 Å². The van der Waals surface area contributed by atoms with Gasteiger partial charge < -0.3 is 10.4 Å². The molecule has 108 valence electrons. The minimum absolute atomic E-state index is 0.571. The zero-order valence-electron chi connectivity index (χ0n) is 12.2. The number of rotatable bonds is 6. The highest BCUT2D eigenvalue weighted by molar-refractivity contribution is 5.04. The van der Waals surface area contributed by atoms with E-state index in [4.69, 9.17) is 0 Å². The molecular formula is C15H27N3O. The van der Waals surface area contributed by atoms with E-state index in [0.29, 0.717) is 19.0 Å². The van der Waals surface area contributed by atoms with Gasteiger partial charge in [-0.25, -0.2) is 0 Å². The van der Waals surface area contributed by atoms with Crippen molar-refractivity contribution in [3.05, 3.63) is 18.0 Å². The molecule has 4 nitrogen and oxygen atoms in total. The van der Waals surface area contributed by atoms with Gasteiger partial charge in [0.25, 0.3) is 0 Å². The number of hydrogen-bond acceptors (Lipinski definition) is 3. The highest BCUT2D eigenvalue weighted by atomic mass is 16.3. The predicted molar refractivity (Wildman–Crippen MR) is 77.2 cm³/mol. The molecule has 1 unspecified atom stereocenters. The second kappa shape index (κ2) is 6.53. The van der Waals surface area contributed by atoms with Crippen LogP contribution in [0.5, 0.6) is 0 Å². The number of nitrogens with one attached hydrogen (secondary N) is 1. The molecule has 1 aliphatic rings. The molecule has 2 rings (SSSR count). The molecule has 0 radical (unpaired) electrons. The summed E-state index contributed by atoms with van der Waals surface area (Å²) in [6.45, 7) is 5.41. The summed E-state index contributed by atoms with van der Waals surface area (Å²) >= 11 is 0. The Morgan fingerprint density at radius 1 is 1.42 bits per heavy atom. The molecule has 4 heteroatoms. The Balaban J connectivity index is 1.92. The van der Waals surface area contributed by atoms with Gasteiger partial charge in [-0.1, -0.05) is 26.2 Å². The monoisotopic (exact) mass is 265 g/mol. The Labute approximate surface area is 116 Å². The van der Waals surface area contributed by atoms with Crippen LogP contribution in [0.2, 0.25) is 0 Å². The van der Waals surface area contributed by atoms with Crippen LogP contribution in [0, 0.1) is 0 Å². The van der Waals surface area contributed by atoms with Crippen LogP contribution in [0.1, 0.15) is 57.7 Å². The van der Waals surface area contributed by atoms with Gasteiger partial charge in [-0.05, 0) is 32.4 Å².